The maximum atomic E-state index is 12.8. The van der Waals surface area contributed by atoms with Crippen LogP contribution in [0.15, 0.2) is 24.4 Å². The van der Waals surface area contributed by atoms with Gasteiger partial charge in [0.2, 0.25) is 18.1 Å². The molecular weight excluding hydrogens is 334 g/mol. The molecule has 26 heavy (non-hydrogen) atoms. The first-order valence-electron chi connectivity index (χ1n) is 8.87. The first kappa shape index (κ1) is 21.8. The van der Waals surface area contributed by atoms with Crippen molar-refractivity contribution in [3.8, 4) is 0 Å². The monoisotopic (exact) mass is 363 g/mol. The standard InChI is InChI=1S/C19H29N3O4/c1-5-6-9-14(12-22(26)13-23)18(25)21-17(19(2,3)4)16(24)15-10-7-8-11-20-15/h7-8,10-11,13-14,17,26H,5-6,9,12H2,1-4H3,(H,21,25)/t14-,17-/m1/s1. The second kappa shape index (κ2) is 10.0. The van der Waals surface area contributed by atoms with Crippen LogP contribution in [-0.4, -0.2) is 45.9 Å². The molecule has 144 valence electrons. The largest absolute Gasteiger partial charge is 0.345 e. The van der Waals surface area contributed by atoms with Crippen LogP contribution >= 0.6 is 0 Å². The van der Waals surface area contributed by atoms with Crippen LogP contribution in [0.3, 0.4) is 0 Å². The highest BCUT2D eigenvalue weighted by Gasteiger charge is 2.35. The highest BCUT2D eigenvalue weighted by atomic mass is 16.5. The van der Waals surface area contributed by atoms with Gasteiger partial charge in [0, 0.05) is 6.20 Å². The summed E-state index contributed by atoms with van der Waals surface area (Å²) in [6.07, 6.45) is 3.98. The first-order valence-corrected chi connectivity index (χ1v) is 8.87. The van der Waals surface area contributed by atoms with E-state index in [1.165, 1.54) is 6.20 Å². The molecule has 2 atom stereocenters. The first-order chi connectivity index (χ1) is 12.2. The lowest BCUT2D eigenvalue weighted by molar-refractivity contribution is -0.154. The van der Waals surface area contributed by atoms with Gasteiger partial charge < -0.3 is 5.32 Å². The van der Waals surface area contributed by atoms with Gasteiger partial charge in [-0.2, -0.15) is 0 Å². The Hall–Kier alpha value is -2.28. The van der Waals surface area contributed by atoms with E-state index in [9.17, 15) is 19.6 Å². The summed E-state index contributed by atoms with van der Waals surface area (Å²) < 4.78 is 0. The van der Waals surface area contributed by atoms with Gasteiger partial charge in [-0.3, -0.25) is 24.6 Å². The van der Waals surface area contributed by atoms with Crippen molar-refractivity contribution in [2.24, 2.45) is 11.3 Å². The van der Waals surface area contributed by atoms with Gasteiger partial charge in [0.25, 0.3) is 0 Å². The van der Waals surface area contributed by atoms with Crippen LogP contribution in [0.1, 0.15) is 57.4 Å². The number of pyridine rings is 1. The van der Waals surface area contributed by atoms with Crippen LogP contribution in [0, 0.1) is 11.3 Å². The number of hydrogen-bond donors (Lipinski definition) is 2. The lowest BCUT2D eigenvalue weighted by Crippen LogP contribution is -2.52. The Morgan fingerprint density at radius 1 is 1.35 bits per heavy atom. The molecule has 2 N–H and O–H groups in total. The Balaban J connectivity index is 2.98. The highest BCUT2D eigenvalue weighted by Crippen LogP contribution is 2.23. The Labute approximate surface area is 154 Å². The third-order valence-corrected chi connectivity index (χ3v) is 4.14. The number of aromatic nitrogens is 1. The van der Waals surface area contributed by atoms with Gasteiger partial charge in [0.05, 0.1) is 18.5 Å². The molecule has 2 amide bonds. The molecule has 0 radical (unpaired) electrons. The zero-order valence-corrected chi connectivity index (χ0v) is 15.9. The van der Waals surface area contributed by atoms with Gasteiger partial charge in [0.15, 0.2) is 0 Å². The van der Waals surface area contributed by atoms with Gasteiger partial charge in [-0.1, -0.05) is 46.6 Å². The lowest BCUT2D eigenvalue weighted by atomic mass is 9.82. The Morgan fingerprint density at radius 2 is 2.04 bits per heavy atom. The van der Waals surface area contributed by atoms with Crippen molar-refractivity contribution < 1.29 is 19.6 Å². The molecule has 0 aliphatic rings. The van der Waals surface area contributed by atoms with Crippen molar-refractivity contribution in [2.75, 3.05) is 6.54 Å². The second-order valence-electron chi connectivity index (χ2n) is 7.45. The van der Waals surface area contributed by atoms with Crippen LogP contribution in [-0.2, 0) is 9.59 Å². The van der Waals surface area contributed by atoms with E-state index in [0.29, 0.717) is 11.5 Å². The molecule has 1 aromatic rings. The molecule has 0 saturated heterocycles. The van der Waals surface area contributed by atoms with E-state index >= 15 is 0 Å². The zero-order chi connectivity index (χ0) is 19.7. The molecule has 7 heteroatoms. The van der Waals surface area contributed by atoms with Crippen molar-refractivity contribution in [3.63, 3.8) is 0 Å². The van der Waals surface area contributed by atoms with Crippen molar-refractivity contribution in [1.82, 2.24) is 15.4 Å². The number of carbonyl (C=O) groups excluding carboxylic acids is 3. The number of amides is 2. The Morgan fingerprint density at radius 3 is 2.54 bits per heavy atom. The number of hydroxylamine groups is 2. The number of ketones is 1. The van der Waals surface area contributed by atoms with E-state index in [0.717, 1.165) is 12.8 Å². The van der Waals surface area contributed by atoms with Gasteiger partial charge in [-0.15, -0.1) is 0 Å². The van der Waals surface area contributed by atoms with E-state index in [1.807, 2.05) is 27.7 Å². The fourth-order valence-corrected chi connectivity index (χ4v) is 2.62. The van der Waals surface area contributed by atoms with Crippen molar-refractivity contribution in [2.45, 2.75) is 53.0 Å². The van der Waals surface area contributed by atoms with Gasteiger partial charge in [-0.25, -0.2) is 5.06 Å². The number of unbranched alkanes of at least 4 members (excludes halogenated alkanes) is 1. The van der Waals surface area contributed by atoms with E-state index in [-0.39, 0.29) is 30.3 Å². The Kier molecular flexibility index (Phi) is 8.38. The quantitative estimate of drug-likeness (QED) is 0.288. The topological polar surface area (TPSA) is 99.6 Å². The summed E-state index contributed by atoms with van der Waals surface area (Å²) in [7, 11) is 0. The molecule has 0 unspecified atom stereocenters. The van der Waals surface area contributed by atoms with Crippen LogP contribution < -0.4 is 5.32 Å². The molecule has 0 aromatic carbocycles. The predicted molar refractivity (Wildman–Crippen MR) is 97.5 cm³/mol. The molecule has 1 rings (SSSR count). The fraction of sp³-hybridized carbons (Fsp3) is 0.579. The number of nitrogens with one attached hydrogen (secondary N) is 1. The van der Waals surface area contributed by atoms with Crippen molar-refractivity contribution >= 4 is 18.1 Å². The summed E-state index contributed by atoms with van der Waals surface area (Å²) in [5.41, 5.74) is -0.238. The molecule has 0 bridgehead atoms. The minimum Gasteiger partial charge on any atom is -0.345 e. The molecular formula is C19H29N3O4. The van der Waals surface area contributed by atoms with Crippen molar-refractivity contribution in [1.29, 1.82) is 0 Å². The summed E-state index contributed by atoms with van der Waals surface area (Å²) in [6, 6.07) is 4.29. The van der Waals surface area contributed by atoms with Crippen molar-refractivity contribution in [3.05, 3.63) is 30.1 Å². The molecule has 0 fully saturated rings. The number of Topliss-reactive ketones (excluding diaryl/α,β-unsaturated/α-hetero) is 1. The number of rotatable bonds is 10. The third kappa shape index (κ3) is 6.55. The SMILES string of the molecule is CCCC[C@H](CN(O)C=O)C(=O)N[C@H](C(=O)c1ccccn1)C(C)(C)C. The van der Waals surface area contributed by atoms with Gasteiger partial charge in [0.1, 0.15) is 5.69 Å². The Bertz CT molecular complexity index is 599. The molecule has 1 aromatic heterocycles. The van der Waals surface area contributed by atoms with Crippen LogP contribution in [0.4, 0.5) is 0 Å². The van der Waals surface area contributed by atoms with E-state index in [2.05, 4.69) is 10.3 Å². The summed E-state index contributed by atoms with van der Waals surface area (Å²) in [5.74, 6) is -1.22. The van der Waals surface area contributed by atoms with Crippen LogP contribution in [0.5, 0.6) is 0 Å². The molecule has 0 saturated carbocycles. The van der Waals surface area contributed by atoms with E-state index < -0.39 is 17.4 Å². The average molecular weight is 363 g/mol. The fourth-order valence-electron chi connectivity index (χ4n) is 2.62. The molecule has 0 aliphatic carbocycles. The molecule has 0 aliphatic heterocycles. The average Bonchev–Trinajstić information content (AvgIpc) is 2.61. The van der Waals surface area contributed by atoms with Crippen LogP contribution in [0.25, 0.3) is 0 Å². The van der Waals surface area contributed by atoms with Crippen LogP contribution in [0.2, 0.25) is 0 Å². The van der Waals surface area contributed by atoms with Gasteiger partial charge in [-0.05, 0) is 24.0 Å². The second-order valence-corrected chi connectivity index (χ2v) is 7.45. The minimum atomic E-state index is -0.766. The summed E-state index contributed by atoms with van der Waals surface area (Å²) in [4.78, 5) is 40.4. The number of carbonyl (C=O) groups is 3. The number of hydrogen-bond acceptors (Lipinski definition) is 5. The van der Waals surface area contributed by atoms with E-state index in [4.69, 9.17) is 0 Å². The van der Waals surface area contributed by atoms with Gasteiger partial charge >= 0.3 is 0 Å². The highest BCUT2D eigenvalue weighted by molar-refractivity contribution is 6.01. The summed E-state index contributed by atoms with van der Waals surface area (Å²) in [6.45, 7) is 7.48. The lowest BCUT2D eigenvalue weighted by Gasteiger charge is -2.31. The maximum Gasteiger partial charge on any atom is 0.233 e. The molecule has 0 spiro atoms. The summed E-state index contributed by atoms with van der Waals surface area (Å²) in [5, 5.41) is 12.7. The maximum absolute atomic E-state index is 12.8. The number of nitrogens with zero attached hydrogens (tertiary/aromatic N) is 2. The smallest absolute Gasteiger partial charge is 0.233 e. The minimum absolute atomic E-state index is 0.107. The third-order valence-electron chi connectivity index (χ3n) is 4.14. The normalized spacial score (nSPS) is 13.6. The molecule has 7 nitrogen and oxygen atoms in total. The summed E-state index contributed by atoms with van der Waals surface area (Å²) >= 11 is 0. The zero-order valence-electron chi connectivity index (χ0n) is 15.9. The molecule has 1 heterocycles. The van der Waals surface area contributed by atoms with E-state index in [1.54, 1.807) is 18.2 Å². The predicted octanol–water partition coefficient (Wildman–Crippen LogP) is 2.45.